The van der Waals surface area contributed by atoms with E-state index >= 15 is 0 Å². The monoisotopic (exact) mass is 326 g/mol. The van der Waals surface area contributed by atoms with Crippen LogP contribution in [0.3, 0.4) is 0 Å². The zero-order chi connectivity index (χ0) is 17.5. The molecule has 0 atom stereocenters. The maximum Gasteiger partial charge on any atom is 0.221 e. The van der Waals surface area contributed by atoms with Gasteiger partial charge in [0, 0.05) is 12.6 Å². The average molecular weight is 326 g/mol. The highest BCUT2D eigenvalue weighted by Crippen LogP contribution is 2.25. The number of benzene rings is 2. The van der Waals surface area contributed by atoms with Gasteiger partial charge in [-0.15, -0.1) is 0 Å². The Bertz CT molecular complexity index is 756. The van der Waals surface area contributed by atoms with Crippen molar-refractivity contribution in [2.75, 3.05) is 17.7 Å². The lowest BCUT2D eigenvalue weighted by molar-refractivity contribution is -0.114. The van der Waals surface area contributed by atoms with Crippen molar-refractivity contribution in [2.45, 2.75) is 20.4 Å². The van der Waals surface area contributed by atoms with Crippen LogP contribution in [0, 0.1) is 6.92 Å². The van der Waals surface area contributed by atoms with E-state index in [4.69, 9.17) is 10.5 Å². The van der Waals surface area contributed by atoms with Gasteiger partial charge >= 0.3 is 0 Å². The number of amides is 1. The van der Waals surface area contributed by atoms with Gasteiger partial charge in [-0.1, -0.05) is 18.2 Å². The molecule has 0 heterocycles. The SMILES string of the molecule is COc1ccc(CN=C(N)Nc2cccc(C)c2)cc1NC(C)=O. The zero-order valence-electron chi connectivity index (χ0n) is 14.1. The van der Waals surface area contributed by atoms with Crippen molar-refractivity contribution >= 4 is 23.2 Å². The molecule has 6 heteroatoms. The number of ether oxygens (including phenoxy) is 1. The zero-order valence-corrected chi connectivity index (χ0v) is 14.1. The maximum atomic E-state index is 11.3. The number of nitrogens with two attached hydrogens (primary N) is 1. The molecule has 0 aromatic heterocycles. The van der Waals surface area contributed by atoms with Crippen LogP contribution in [0.2, 0.25) is 0 Å². The van der Waals surface area contributed by atoms with Crippen LogP contribution in [0.5, 0.6) is 5.75 Å². The summed E-state index contributed by atoms with van der Waals surface area (Å²) in [6.45, 7) is 3.86. The topological polar surface area (TPSA) is 88.7 Å². The van der Waals surface area contributed by atoms with Crippen LogP contribution < -0.4 is 21.1 Å². The molecular formula is C18H22N4O2. The summed E-state index contributed by atoms with van der Waals surface area (Å²) in [7, 11) is 1.56. The standard InChI is InChI=1S/C18H22N4O2/c1-12-5-4-6-15(9-12)22-18(19)20-11-14-7-8-17(24-3)16(10-14)21-13(2)23/h4-10H,11H2,1-3H3,(H,21,23)(H3,19,20,22). The largest absolute Gasteiger partial charge is 0.495 e. The van der Waals surface area contributed by atoms with E-state index < -0.39 is 0 Å². The van der Waals surface area contributed by atoms with Crippen LogP contribution in [0.4, 0.5) is 11.4 Å². The second kappa shape index (κ2) is 8.01. The van der Waals surface area contributed by atoms with E-state index in [1.54, 1.807) is 13.2 Å². The molecule has 126 valence electrons. The molecule has 1 amide bonds. The molecule has 0 saturated carbocycles. The number of aliphatic imine (C=N–C) groups is 1. The molecule has 0 aliphatic rings. The third-order valence-corrected chi connectivity index (χ3v) is 3.30. The summed E-state index contributed by atoms with van der Waals surface area (Å²) in [4.78, 5) is 15.6. The Kier molecular flexibility index (Phi) is 5.78. The second-order valence-corrected chi connectivity index (χ2v) is 5.41. The maximum absolute atomic E-state index is 11.3. The van der Waals surface area contributed by atoms with Gasteiger partial charge in [0.2, 0.25) is 5.91 Å². The van der Waals surface area contributed by atoms with E-state index in [0.717, 1.165) is 16.8 Å². The summed E-state index contributed by atoms with van der Waals surface area (Å²) in [6.07, 6.45) is 0. The second-order valence-electron chi connectivity index (χ2n) is 5.41. The summed E-state index contributed by atoms with van der Waals surface area (Å²) in [5, 5.41) is 5.79. The molecule has 2 aromatic rings. The van der Waals surface area contributed by atoms with Crippen LogP contribution in [0.25, 0.3) is 0 Å². The average Bonchev–Trinajstić information content (AvgIpc) is 2.52. The third-order valence-electron chi connectivity index (χ3n) is 3.30. The van der Waals surface area contributed by atoms with E-state index in [9.17, 15) is 4.79 Å². The number of anilines is 2. The van der Waals surface area contributed by atoms with Gasteiger partial charge in [0.15, 0.2) is 5.96 Å². The first kappa shape index (κ1) is 17.3. The summed E-state index contributed by atoms with van der Waals surface area (Å²) < 4.78 is 5.23. The predicted molar refractivity (Wildman–Crippen MR) is 97.4 cm³/mol. The van der Waals surface area contributed by atoms with Gasteiger partial charge in [0.05, 0.1) is 19.3 Å². The van der Waals surface area contributed by atoms with Crippen molar-refractivity contribution in [3.8, 4) is 5.75 Å². The fourth-order valence-corrected chi connectivity index (χ4v) is 2.23. The van der Waals surface area contributed by atoms with Gasteiger partial charge in [-0.05, 0) is 42.3 Å². The molecule has 0 fully saturated rings. The molecule has 0 radical (unpaired) electrons. The molecule has 0 aliphatic heterocycles. The number of carbonyl (C=O) groups is 1. The van der Waals surface area contributed by atoms with Crippen LogP contribution in [0.1, 0.15) is 18.1 Å². The van der Waals surface area contributed by atoms with Crippen molar-refractivity contribution in [1.29, 1.82) is 0 Å². The minimum Gasteiger partial charge on any atom is -0.495 e. The number of rotatable bonds is 5. The lowest BCUT2D eigenvalue weighted by Crippen LogP contribution is -2.22. The van der Waals surface area contributed by atoms with Crippen LogP contribution in [-0.4, -0.2) is 19.0 Å². The van der Waals surface area contributed by atoms with Gasteiger partial charge in [0.25, 0.3) is 0 Å². The fraction of sp³-hybridized carbons (Fsp3) is 0.222. The molecule has 0 saturated heterocycles. The molecule has 2 rings (SSSR count). The van der Waals surface area contributed by atoms with Crippen LogP contribution >= 0.6 is 0 Å². The minimum atomic E-state index is -0.158. The smallest absolute Gasteiger partial charge is 0.221 e. The Balaban J connectivity index is 2.08. The Morgan fingerprint density at radius 3 is 2.67 bits per heavy atom. The lowest BCUT2D eigenvalue weighted by atomic mass is 10.2. The van der Waals surface area contributed by atoms with Gasteiger partial charge < -0.3 is 21.1 Å². The summed E-state index contributed by atoms with van der Waals surface area (Å²) in [6, 6.07) is 13.4. The number of nitrogens with one attached hydrogen (secondary N) is 2. The number of carbonyl (C=O) groups excluding carboxylic acids is 1. The first-order chi connectivity index (χ1) is 11.5. The molecule has 2 aromatic carbocycles. The molecule has 0 unspecified atom stereocenters. The Hall–Kier alpha value is -3.02. The van der Waals surface area contributed by atoms with Gasteiger partial charge in [0.1, 0.15) is 5.75 Å². The van der Waals surface area contributed by atoms with Crippen LogP contribution in [0.15, 0.2) is 47.5 Å². The Morgan fingerprint density at radius 2 is 2.00 bits per heavy atom. The normalized spacial score (nSPS) is 11.0. The predicted octanol–water partition coefficient (Wildman–Crippen LogP) is 2.89. The van der Waals surface area contributed by atoms with E-state index in [0.29, 0.717) is 23.9 Å². The number of guanidine groups is 1. The summed E-state index contributed by atoms with van der Waals surface area (Å²) in [5.41, 5.74) is 9.48. The summed E-state index contributed by atoms with van der Waals surface area (Å²) >= 11 is 0. The molecule has 24 heavy (non-hydrogen) atoms. The summed E-state index contributed by atoms with van der Waals surface area (Å²) in [5.74, 6) is 0.774. The number of hydrogen-bond acceptors (Lipinski definition) is 3. The highest BCUT2D eigenvalue weighted by molar-refractivity contribution is 5.92. The highest BCUT2D eigenvalue weighted by Gasteiger charge is 2.06. The van der Waals surface area contributed by atoms with Gasteiger partial charge in [-0.3, -0.25) is 4.79 Å². The Morgan fingerprint density at radius 1 is 1.21 bits per heavy atom. The van der Waals surface area contributed by atoms with Gasteiger partial charge in [-0.25, -0.2) is 4.99 Å². The molecule has 0 bridgehead atoms. The van der Waals surface area contributed by atoms with Crippen molar-refractivity contribution in [1.82, 2.24) is 0 Å². The molecular weight excluding hydrogens is 304 g/mol. The van der Waals surface area contributed by atoms with E-state index in [2.05, 4.69) is 15.6 Å². The Labute approximate surface area is 141 Å². The molecule has 6 nitrogen and oxygen atoms in total. The number of nitrogens with zero attached hydrogens (tertiary/aromatic N) is 1. The van der Waals surface area contributed by atoms with Crippen molar-refractivity contribution in [3.05, 3.63) is 53.6 Å². The first-order valence-corrected chi connectivity index (χ1v) is 7.56. The van der Waals surface area contributed by atoms with Crippen LogP contribution in [-0.2, 0) is 11.3 Å². The van der Waals surface area contributed by atoms with Crippen molar-refractivity contribution in [3.63, 3.8) is 0 Å². The third kappa shape index (κ3) is 5.01. The van der Waals surface area contributed by atoms with E-state index in [-0.39, 0.29) is 5.91 Å². The number of aryl methyl sites for hydroxylation is 1. The minimum absolute atomic E-state index is 0.158. The number of hydrogen-bond donors (Lipinski definition) is 3. The highest BCUT2D eigenvalue weighted by atomic mass is 16.5. The molecule has 4 N–H and O–H groups in total. The van der Waals surface area contributed by atoms with Gasteiger partial charge in [-0.2, -0.15) is 0 Å². The molecule has 0 spiro atoms. The van der Waals surface area contributed by atoms with E-state index in [1.807, 2.05) is 43.3 Å². The first-order valence-electron chi connectivity index (χ1n) is 7.56. The fourth-order valence-electron chi connectivity index (χ4n) is 2.23. The number of methoxy groups -OCH3 is 1. The van der Waals surface area contributed by atoms with Crippen molar-refractivity contribution in [2.24, 2.45) is 10.7 Å². The van der Waals surface area contributed by atoms with E-state index in [1.165, 1.54) is 6.92 Å². The van der Waals surface area contributed by atoms with Crippen molar-refractivity contribution < 1.29 is 9.53 Å². The lowest BCUT2D eigenvalue weighted by Gasteiger charge is -2.11. The quantitative estimate of drug-likeness (QED) is 0.582. The molecule has 0 aliphatic carbocycles.